The zero-order valence-electron chi connectivity index (χ0n) is 26.1. The minimum atomic E-state index is -0.300. The van der Waals surface area contributed by atoms with Gasteiger partial charge in [0.25, 0.3) is 5.91 Å². The van der Waals surface area contributed by atoms with Crippen LogP contribution in [0.4, 0.5) is 0 Å². The fourth-order valence-corrected chi connectivity index (χ4v) is 5.75. The monoisotopic (exact) mass is 599 g/mol. The molecule has 2 N–H and O–H groups in total. The number of carbonyl (C=O) groups excluding carboxylic acids is 2. The van der Waals surface area contributed by atoms with E-state index < -0.39 is 0 Å². The van der Waals surface area contributed by atoms with Crippen molar-refractivity contribution in [2.45, 2.75) is 64.8 Å². The summed E-state index contributed by atoms with van der Waals surface area (Å²) in [5.74, 6) is 1.18. The molecule has 234 valence electrons. The predicted octanol–water partition coefficient (Wildman–Crippen LogP) is 5.20. The SMILES string of the molecule is COc1ccccc1COCCCOc1ccc(C(=O)NC2CCNCC2C(=O)N(Cc2cccc(C)c2C)C2CC2)cc1. The van der Waals surface area contributed by atoms with Crippen molar-refractivity contribution in [1.82, 2.24) is 15.5 Å². The number of methoxy groups -OCH3 is 1. The summed E-state index contributed by atoms with van der Waals surface area (Å²) in [5.41, 5.74) is 5.24. The summed E-state index contributed by atoms with van der Waals surface area (Å²) in [6, 6.07) is 21.4. The lowest BCUT2D eigenvalue weighted by molar-refractivity contribution is -0.138. The quantitative estimate of drug-likeness (QED) is 0.248. The molecule has 1 heterocycles. The first kappa shape index (κ1) is 31.5. The molecule has 8 nitrogen and oxygen atoms in total. The number of aryl methyl sites for hydroxylation is 1. The number of carbonyl (C=O) groups is 2. The maximum absolute atomic E-state index is 13.9. The van der Waals surface area contributed by atoms with Crippen LogP contribution < -0.4 is 20.1 Å². The molecule has 2 atom stereocenters. The van der Waals surface area contributed by atoms with Gasteiger partial charge in [0.15, 0.2) is 0 Å². The van der Waals surface area contributed by atoms with Crippen molar-refractivity contribution >= 4 is 11.8 Å². The molecule has 3 aromatic carbocycles. The number of nitrogens with one attached hydrogen (secondary N) is 2. The molecular formula is C36H45N3O5. The number of para-hydroxylation sites is 1. The average molecular weight is 600 g/mol. The second-order valence-corrected chi connectivity index (χ2v) is 11.8. The van der Waals surface area contributed by atoms with Gasteiger partial charge in [0.05, 0.1) is 32.8 Å². The van der Waals surface area contributed by atoms with Crippen LogP contribution in [0.15, 0.2) is 66.7 Å². The third-order valence-corrected chi connectivity index (χ3v) is 8.71. The first-order valence-corrected chi connectivity index (χ1v) is 15.7. The summed E-state index contributed by atoms with van der Waals surface area (Å²) in [4.78, 5) is 29.2. The summed E-state index contributed by atoms with van der Waals surface area (Å²) in [6.45, 7) is 7.75. The number of amides is 2. The van der Waals surface area contributed by atoms with Gasteiger partial charge >= 0.3 is 0 Å². The third kappa shape index (κ3) is 8.18. The zero-order chi connectivity index (χ0) is 30.9. The van der Waals surface area contributed by atoms with E-state index in [1.54, 1.807) is 19.2 Å². The van der Waals surface area contributed by atoms with Gasteiger partial charge in [-0.2, -0.15) is 0 Å². The lowest BCUT2D eigenvalue weighted by Crippen LogP contribution is -2.55. The molecule has 3 aromatic rings. The Kier molecular flexibility index (Phi) is 10.9. The molecular weight excluding hydrogens is 554 g/mol. The molecule has 0 radical (unpaired) electrons. The lowest BCUT2D eigenvalue weighted by atomic mass is 9.91. The predicted molar refractivity (Wildman–Crippen MR) is 171 cm³/mol. The number of benzene rings is 3. The largest absolute Gasteiger partial charge is 0.496 e. The Morgan fingerprint density at radius 1 is 0.932 bits per heavy atom. The second kappa shape index (κ2) is 15.2. The Balaban J connectivity index is 1.10. The summed E-state index contributed by atoms with van der Waals surface area (Å²) in [5, 5.41) is 6.56. The summed E-state index contributed by atoms with van der Waals surface area (Å²) in [7, 11) is 1.66. The van der Waals surface area contributed by atoms with Crippen LogP contribution in [0.1, 0.15) is 58.3 Å². The number of ether oxygens (including phenoxy) is 3. The van der Waals surface area contributed by atoms with E-state index in [-0.39, 0.29) is 29.8 Å². The molecule has 1 saturated heterocycles. The highest BCUT2D eigenvalue weighted by Gasteiger charge is 2.40. The van der Waals surface area contributed by atoms with E-state index in [1.807, 2.05) is 41.3 Å². The molecule has 0 bridgehead atoms. The van der Waals surface area contributed by atoms with E-state index in [2.05, 4.69) is 42.7 Å². The summed E-state index contributed by atoms with van der Waals surface area (Å²) < 4.78 is 17.0. The van der Waals surface area contributed by atoms with E-state index in [9.17, 15) is 9.59 Å². The van der Waals surface area contributed by atoms with Crippen LogP contribution >= 0.6 is 0 Å². The molecule has 2 fully saturated rings. The van der Waals surface area contributed by atoms with Crippen LogP contribution in [-0.4, -0.2) is 62.2 Å². The van der Waals surface area contributed by atoms with Crippen LogP contribution in [0.25, 0.3) is 0 Å². The molecule has 44 heavy (non-hydrogen) atoms. The van der Waals surface area contributed by atoms with Crippen LogP contribution in [0.5, 0.6) is 11.5 Å². The van der Waals surface area contributed by atoms with Gasteiger partial charge in [0.1, 0.15) is 11.5 Å². The first-order chi connectivity index (χ1) is 21.4. The molecule has 1 saturated carbocycles. The Hall–Kier alpha value is -3.88. The highest BCUT2D eigenvalue weighted by Crippen LogP contribution is 2.32. The highest BCUT2D eigenvalue weighted by atomic mass is 16.5. The van der Waals surface area contributed by atoms with Gasteiger partial charge in [0, 0.05) is 42.7 Å². The van der Waals surface area contributed by atoms with E-state index >= 15 is 0 Å². The van der Waals surface area contributed by atoms with Gasteiger partial charge in [-0.3, -0.25) is 9.59 Å². The number of piperidine rings is 1. The van der Waals surface area contributed by atoms with E-state index in [0.29, 0.717) is 50.6 Å². The van der Waals surface area contributed by atoms with Crippen LogP contribution in [0, 0.1) is 19.8 Å². The molecule has 1 aliphatic heterocycles. The second-order valence-electron chi connectivity index (χ2n) is 11.8. The van der Waals surface area contributed by atoms with Crippen molar-refractivity contribution in [3.63, 3.8) is 0 Å². The first-order valence-electron chi connectivity index (χ1n) is 15.7. The van der Waals surface area contributed by atoms with Crippen molar-refractivity contribution in [2.24, 2.45) is 5.92 Å². The van der Waals surface area contributed by atoms with Crippen molar-refractivity contribution in [1.29, 1.82) is 0 Å². The van der Waals surface area contributed by atoms with Crippen LogP contribution in [-0.2, 0) is 22.7 Å². The Bertz CT molecular complexity index is 1410. The average Bonchev–Trinajstić information content (AvgIpc) is 3.89. The molecule has 8 heteroatoms. The molecule has 0 spiro atoms. The van der Waals surface area contributed by atoms with Gasteiger partial charge in [-0.25, -0.2) is 0 Å². The van der Waals surface area contributed by atoms with E-state index in [1.165, 1.54) is 16.7 Å². The molecule has 2 unspecified atom stereocenters. The van der Waals surface area contributed by atoms with Crippen molar-refractivity contribution in [2.75, 3.05) is 33.4 Å². The van der Waals surface area contributed by atoms with Crippen LogP contribution in [0.3, 0.4) is 0 Å². The van der Waals surface area contributed by atoms with E-state index in [0.717, 1.165) is 37.1 Å². The number of hydrogen-bond acceptors (Lipinski definition) is 6. The van der Waals surface area contributed by atoms with E-state index in [4.69, 9.17) is 14.2 Å². The Labute approximate surface area is 261 Å². The number of rotatable bonds is 14. The molecule has 2 amide bonds. The normalized spacial score (nSPS) is 18.0. The molecule has 2 aliphatic rings. The summed E-state index contributed by atoms with van der Waals surface area (Å²) >= 11 is 0. The molecule has 0 aromatic heterocycles. The van der Waals surface area contributed by atoms with Crippen molar-refractivity contribution < 1.29 is 23.8 Å². The highest BCUT2D eigenvalue weighted by molar-refractivity contribution is 5.95. The van der Waals surface area contributed by atoms with Gasteiger partial charge in [-0.1, -0.05) is 36.4 Å². The fourth-order valence-electron chi connectivity index (χ4n) is 5.75. The molecule has 5 rings (SSSR count). The Morgan fingerprint density at radius 3 is 2.48 bits per heavy atom. The summed E-state index contributed by atoms with van der Waals surface area (Å²) in [6.07, 6.45) is 3.53. The minimum Gasteiger partial charge on any atom is -0.496 e. The standard InChI is InChI=1S/C36H45N3O5/c1-25-8-6-10-28(26(25)2)23-39(30-14-15-30)36(41)32-22-37-19-18-33(32)38-35(40)27-12-16-31(17-13-27)44-21-7-20-43-24-29-9-4-5-11-34(29)42-3/h4-6,8-13,16-17,30,32-33,37H,7,14-15,18-24H2,1-3H3,(H,38,40). The zero-order valence-corrected chi connectivity index (χ0v) is 26.1. The maximum Gasteiger partial charge on any atom is 0.251 e. The molecule has 1 aliphatic carbocycles. The Morgan fingerprint density at radius 2 is 1.70 bits per heavy atom. The number of hydrogen-bond donors (Lipinski definition) is 2. The third-order valence-electron chi connectivity index (χ3n) is 8.71. The maximum atomic E-state index is 13.9. The van der Waals surface area contributed by atoms with Gasteiger partial charge in [-0.05, 0) is 86.7 Å². The minimum absolute atomic E-state index is 0.126. The van der Waals surface area contributed by atoms with Gasteiger partial charge in [-0.15, -0.1) is 0 Å². The van der Waals surface area contributed by atoms with Crippen molar-refractivity contribution in [3.8, 4) is 11.5 Å². The lowest BCUT2D eigenvalue weighted by Gasteiger charge is -2.36. The van der Waals surface area contributed by atoms with Gasteiger partial charge in [0.2, 0.25) is 5.91 Å². The topological polar surface area (TPSA) is 89.1 Å². The fraction of sp³-hybridized carbons (Fsp3) is 0.444. The van der Waals surface area contributed by atoms with Crippen molar-refractivity contribution in [3.05, 3.63) is 94.5 Å². The van der Waals surface area contributed by atoms with Crippen LogP contribution in [0.2, 0.25) is 0 Å². The number of nitrogens with zero attached hydrogens (tertiary/aromatic N) is 1. The smallest absolute Gasteiger partial charge is 0.251 e. The van der Waals surface area contributed by atoms with Gasteiger partial charge < -0.3 is 29.7 Å².